The minimum absolute atomic E-state index is 0.0334. The van der Waals surface area contributed by atoms with E-state index in [1.54, 1.807) is 20.4 Å². The average molecular weight is 479 g/mol. The van der Waals surface area contributed by atoms with Crippen LogP contribution in [0.4, 0.5) is 11.4 Å². The number of hydrogen-bond acceptors (Lipinski definition) is 7. The molecule has 2 heterocycles. The minimum Gasteiger partial charge on any atom is -0.497 e. The van der Waals surface area contributed by atoms with Crippen molar-refractivity contribution in [3.8, 4) is 17.3 Å². The van der Waals surface area contributed by atoms with Gasteiger partial charge in [0, 0.05) is 42.2 Å². The van der Waals surface area contributed by atoms with E-state index in [0.29, 0.717) is 23.9 Å². The molecule has 0 aliphatic heterocycles. The zero-order chi connectivity index (χ0) is 24.8. The van der Waals surface area contributed by atoms with E-state index in [4.69, 9.17) is 14.5 Å². The molecule has 0 unspecified atom stereocenters. The van der Waals surface area contributed by atoms with E-state index in [1.165, 1.54) is 0 Å². The Morgan fingerprint density at radius 2 is 1.77 bits per heavy atom. The van der Waals surface area contributed by atoms with Crippen molar-refractivity contribution in [1.82, 2.24) is 14.5 Å². The Morgan fingerprint density at radius 1 is 1.00 bits per heavy atom. The smallest absolute Gasteiger partial charge is 0.286 e. The number of unbranched alkanes of at least 4 members (excludes halogenated alkanes) is 1. The number of rotatable bonds is 11. The number of imidazole rings is 1. The van der Waals surface area contributed by atoms with Crippen molar-refractivity contribution in [3.05, 3.63) is 60.8 Å². The third kappa shape index (κ3) is 5.36. The number of aromatic nitrogens is 4. The van der Waals surface area contributed by atoms with Crippen LogP contribution in [0, 0.1) is 0 Å². The zero-order valence-corrected chi connectivity index (χ0v) is 20.4. The quantitative estimate of drug-likeness (QED) is 0.320. The van der Waals surface area contributed by atoms with Crippen LogP contribution in [0.15, 0.2) is 55.1 Å². The second kappa shape index (κ2) is 11.2. The summed E-state index contributed by atoms with van der Waals surface area (Å²) in [5.74, 6) is 1.99. The van der Waals surface area contributed by atoms with Gasteiger partial charge >= 0.3 is 0 Å². The van der Waals surface area contributed by atoms with Crippen molar-refractivity contribution in [1.29, 1.82) is 0 Å². The summed E-state index contributed by atoms with van der Waals surface area (Å²) >= 11 is 0. The molecule has 184 valence electrons. The van der Waals surface area contributed by atoms with Gasteiger partial charge in [0.25, 0.3) is 5.82 Å². The molecule has 0 radical (unpaired) electrons. The van der Waals surface area contributed by atoms with Crippen molar-refractivity contribution < 1.29 is 24.3 Å². The van der Waals surface area contributed by atoms with Crippen LogP contribution >= 0.6 is 0 Å². The summed E-state index contributed by atoms with van der Waals surface area (Å²) in [5, 5.41) is 19.5. The molecule has 9 heteroatoms. The van der Waals surface area contributed by atoms with Gasteiger partial charge in [-0.3, -0.25) is 4.57 Å². The van der Waals surface area contributed by atoms with Crippen LogP contribution in [0.5, 0.6) is 11.5 Å². The van der Waals surface area contributed by atoms with Crippen LogP contribution in [0.1, 0.15) is 25.5 Å². The van der Waals surface area contributed by atoms with E-state index in [1.807, 2.05) is 63.0 Å². The Morgan fingerprint density at radius 3 is 2.43 bits per heavy atom. The number of anilines is 2. The molecule has 0 atom stereocenters. The molecule has 0 amide bonds. The maximum Gasteiger partial charge on any atom is 0.286 e. The lowest BCUT2D eigenvalue weighted by Gasteiger charge is -2.25. The molecule has 0 aliphatic rings. The Labute approximate surface area is 204 Å². The summed E-state index contributed by atoms with van der Waals surface area (Å²) < 4.78 is 14.8. The third-order valence-corrected chi connectivity index (χ3v) is 5.90. The molecule has 0 aliphatic carbocycles. The van der Waals surface area contributed by atoms with E-state index in [2.05, 4.69) is 11.9 Å². The molecule has 0 fully saturated rings. The van der Waals surface area contributed by atoms with Crippen molar-refractivity contribution in [2.75, 3.05) is 32.3 Å². The first kappa shape index (κ1) is 24.4. The normalized spacial score (nSPS) is 11.1. The number of nitrogens with zero attached hydrogens (tertiary/aromatic N) is 5. The highest BCUT2D eigenvalue weighted by molar-refractivity contribution is 5.81. The second-order valence-electron chi connectivity index (χ2n) is 8.20. The Balaban J connectivity index is 1.74. The van der Waals surface area contributed by atoms with E-state index in [0.717, 1.165) is 47.5 Å². The zero-order valence-electron chi connectivity index (χ0n) is 20.4. The topological polar surface area (TPSA) is 96.8 Å². The third-order valence-electron chi connectivity index (χ3n) is 5.90. The van der Waals surface area contributed by atoms with E-state index in [-0.39, 0.29) is 13.2 Å². The highest BCUT2D eigenvalue weighted by Crippen LogP contribution is 2.33. The lowest BCUT2D eigenvalue weighted by Crippen LogP contribution is -2.29. The van der Waals surface area contributed by atoms with Gasteiger partial charge < -0.3 is 24.6 Å². The first-order chi connectivity index (χ1) is 17.1. The van der Waals surface area contributed by atoms with Crippen LogP contribution in [0.25, 0.3) is 16.9 Å². The summed E-state index contributed by atoms with van der Waals surface area (Å²) in [7, 11) is 3.22. The van der Waals surface area contributed by atoms with Crippen LogP contribution in [-0.4, -0.2) is 52.1 Å². The lowest BCUT2D eigenvalue weighted by atomic mass is 10.2. The molecular formula is C26H32N5O4+. The number of aliphatic hydroxyl groups excluding tert-OH is 2. The Bertz CT molecular complexity index is 1270. The summed E-state index contributed by atoms with van der Waals surface area (Å²) in [6, 6.07) is 11.4. The van der Waals surface area contributed by atoms with Crippen LogP contribution < -0.4 is 18.9 Å². The molecule has 2 N–H and O–H groups in total. The summed E-state index contributed by atoms with van der Waals surface area (Å²) in [5.41, 5.74) is 3.99. The highest BCUT2D eigenvalue weighted by atomic mass is 16.5. The number of fused-ring (bicyclic) bond motifs is 1. The van der Waals surface area contributed by atoms with Gasteiger partial charge in [-0.2, -0.15) is 0 Å². The average Bonchev–Trinajstić information content (AvgIpc) is 3.32. The number of ether oxygens (including phenoxy) is 2. The maximum atomic E-state index is 9.77. The van der Waals surface area contributed by atoms with Crippen LogP contribution in [0.3, 0.4) is 0 Å². The van der Waals surface area contributed by atoms with Gasteiger partial charge in [0.05, 0.1) is 27.4 Å². The summed E-state index contributed by atoms with van der Waals surface area (Å²) in [4.78, 5) is 11.4. The van der Waals surface area contributed by atoms with Gasteiger partial charge in [-0.25, -0.2) is 9.55 Å². The Hall–Kier alpha value is -3.69. The predicted octanol–water partition coefficient (Wildman–Crippen LogP) is 3.15. The van der Waals surface area contributed by atoms with Crippen molar-refractivity contribution >= 4 is 22.4 Å². The number of aryl methyl sites for hydroxylation is 1. The fraction of sp³-hybridized carbons (Fsp3) is 0.346. The van der Waals surface area contributed by atoms with Gasteiger partial charge in [0.15, 0.2) is 11.8 Å². The van der Waals surface area contributed by atoms with Gasteiger partial charge in [-0.05, 0) is 18.6 Å². The molecule has 35 heavy (non-hydrogen) atoms. The van der Waals surface area contributed by atoms with Gasteiger partial charge in [0.1, 0.15) is 41.7 Å². The molecule has 0 spiro atoms. The second-order valence-corrected chi connectivity index (χ2v) is 8.20. The molecule has 0 saturated carbocycles. The number of benzene rings is 2. The van der Waals surface area contributed by atoms with Crippen molar-refractivity contribution in [2.45, 2.75) is 32.9 Å². The monoisotopic (exact) mass is 478 g/mol. The van der Waals surface area contributed by atoms with E-state index >= 15 is 0 Å². The summed E-state index contributed by atoms with van der Waals surface area (Å²) in [6.07, 6.45) is 7.67. The number of aliphatic hydroxyl groups is 2. The first-order valence-corrected chi connectivity index (χ1v) is 11.7. The Kier molecular flexibility index (Phi) is 7.79. The van der Waals surface area contributed by atoms with E-state index < -0.39 is 0 Å². The predicted molar refractivity (Wildman–Crippen MR) is 134 cm³/mol. The SMILES string of the molecule is CCCCn1c[n+](-c2cnc3ccc(N(CCO)c4cc(OC)cc(OC)c4)cc3n2)cc1CO. The van der Waals surface area contributed by atoms with Gasteiger partial charge in [-0.1, -0.05) is 18.3 Å². The number of methoxy groups -OCH3 is 2. The molecule has 4 rings (SSSR count). The molecule has 0 saturated heterocycles. The largest absolute Gasteiger partial charge is 0.497 e. The van der Waals surface area contributed by atoms with Crippen LogP contribution in [0.2, 0.25) is 0 Å². The fourth-order valence-electron chi connectivity index (χ4n) is 4.02. The molecular weight excluding hydrogens is 446 g/mol. The highest BCUT2D eigenvalue weighted by Gasteiger charge is 2.17. The molecule has 2 aromatic heterocycles. The van der Waals surface area contributed by atoms with Gasteiger partial charge in [0.2, 0.25) is 0 Å². The fourth-order valence-corrected chi connectivity index (χ4v) is 4.02. The van der Waals surface area contributed by atoms with E-state index in [9.17, 15) is 10.2 Å². The minimum atomic E-state index is -0.0397. The molecule has 2 aromatic carbocycles. The number of hydrogen-bond donors (Lipinski definition) is 2. The standard InChI is InChI=1S/C26H32N5O4/c1-4-5-8-29-18-30(16-21(29)17-33)26-15-27-24-7-6-19(13-25(24)28-26)31(9-10-32)20-11-22(34-2)14-23(12-20)35-3/h6-7,11-16,18,32-33H,4-5,8-10,17H2,1-3H3/q+1. The van der Waals surface area contributed by atoms with Crippen LogP contribution in [-0.2, 0) is 13.2 Å². The molecule has 4 aromatic rings. The van der Waals surface area contributed by atoms with Crippen molar-refractivity contribution in [2.24, 2.45) is 0 Å². The molecule has 9 nitrogen and oxygen atoms in total. The summed E-state index contributed by atoms with van der Waals surface area (Å²) in [6.45, 7) is 3.29. The van der Waals surface area contributed by atoms with Gasteiger partial charge in [-0.15, -0.1) is 0 Å². The lowest BCUT2D eigenvalue weighted by molar-refractivity contribution is -0.599. The van der Waals surface area contributed by atoms with Crippen molar-refractivity contribution in [3.63, 3.8) is 0 Å². The first-order valence-electron chi connectivity index (χ1n) is 11.7. The molecule has 0 bridgehead atoms. The maximum absolute atomic E-state index is 9.77.